The van der Waals surface area contributed by atoms with Crippen LogP contribution in [0.5, 0.6) is 5.75 Å². The quantitative estimate of drug-likeness (QED) is 0.463. The number of nitrogens with one attached hydrogen (secondary N) is 1. The van der Waals surface area contributed by atoms with Crippen LogP contribution in [0.15, 0.2) is 54.1 Å². The Hall–Kier alpha value is -3.47. The number of carbonyl (C=O) groups excluding carboxylic acids is 1. The van der Waals surface area contributed by atoms with Gasteiger partial charge in [-0.05, 0) is 48.5 Å². The molecule has 12 heteroatoms. The van der Waals surface area contributed by atoms with E-state index >= 15 is 0 Å². The number of fused-ring (bicyclic) bond motifs is 1. The maximum Gasteiger partial charge on any atom is 0.435 e. The molecule has 0 bridgehead atoms. The minimum atomic E-state index is -5.06. The Kier molecular flexibility index (Phi) is 5.61. The number of hydrogen-bond acceptors (Lipinski definition) is 3. The van der Waals surface area contributed by atoms with Gasteiger partial charge >= 0.3 is 12.4 Å². The van der Waals surface area contributed by atoms with Crippen molar-refractivity contribution in [3.8, 4) is 11.4 Å². The second-order valence-electron chi connectivity index (χ2n) is 6.96. The summed E-state index contributed by atoms with van der Waals surface area (Å²) in [6.45, 7) is -0.0129. The Morgan fingerprint density at radius 1 is 1.00 bits per heavy atom. The number of amides is 1. The number of nitrogens with zero attached hydrogens (tertiary/aromatic N) is 2. The number of hydrogen-bond donors (Lipinski definition) is 1. The summed E-state index contributed by atoms with van der Waals surface area (Å²) in [6, 6.07) is 9.58. The maximum atomic E-state index is 13.2. The van der Waals surface area contributed by atoms with Gasteiger partial charge in [-0.2, -0.15) is 31.4 Å². The van der Waals surface area contributed by atoms with Crippen molar-refractivity contribution in [2.45, 2.75) is 12.4 Å². The maximum absolute atomic E-state index is 13.2. The van der Waals surface area contributed by atoms with Crippen LogP contribution < -0.4 is 10.1 Å². The van der Waals surface area contributed by atoms with Gasteiger partial charge in [0.1, 0.15) is 18.1 Å². The molecule has 33 heavy (non-hydrogen) atoms. The van der Waals surface area contributed by atoms with Crippen molar-refractivity contribution in [3.05, 3.63) is 76.1 Å². The first kappa shape index (κ1) is 22.7. The molecule has 0 saturated carbocycles. The number of carbonyl (C=O) groups is 1. The van der Waals surface area contributed by atoms with Gasteiger partial charge in [0.15, 0.2) is 5.69 Å². The Morgan fingerprint density at radius 2 is 1.70 bits per heavy atom. The monoisotopic (exact) mass is 487 g/mol. The highest BCUT2D eigenvalue weighted by atomic mass is 35.5. The third kappa shape index (κ3) is 4.82. The van der Waals surface area contributed by atoms with E-state index in [0.717, 1.165) is 12.1 Å². The van der Waals surface area contributed by atoms with E-state index in [1.807, 2.05) is 0 Å². The number of rotatable bonds is 3. The molecule has 2 aromatic carbocycles. The SMILES string of the molecule is O=C(Nc1ccc(-n2nc(C(F)(F)F)cc2C(F)(F)F)cc1)C1=Cc2cc(Cl)ccc2OC1. The fourth-order valence-electron chi connectivity index (χ4n) is 3.10. The van der Waals surface area contributed by atoms with Crippen molar-refractivity contribution in [2.75, 3.05) is 11.9 Å². The van der Waals surface area contributed by atoms with Crippen molar-refractivity contribution >= 4 is 29.3 Å². The molecular formula is C21H12ClF6N3O2. The lowest BCUT2D eigenvalue weighted by Gasteiger charge is -2.18. The van der Waals surface area contributed by atoms with Gasteiger partial charge in [-0.3, -0.25) is 4.79 Å². The van der Waals surface area contributed by atoms with Crippen molar-refractivity contribution in [1.29, 1.82) is 0 Å². The molecule has 0 unspecified atom stereocenters. The Labute approximate surface area is 187 Å². The highest BCUT2D eigenvalue weighted by Gasteiger charge is 2.42. The average Bonchev–Trinajstić information content (AvgIpc) is 3.20. The number of aromatic nitrogens is 2. The Bertz CT molecular complexity index is 1250. The van der Waals surface area contributed by atoms with E-state index < -0.39 is 29.6 Å². The second kappa shape index (κ2) is 8.14. The van der Waals surface area contributed by atoms with Crippen molar-refractivity contribution in [1.82, 2.24) is 9.78 Å². The molecule has 0 fully saturated rings. The van der Waals surface area contributed by atoms with E-state index in [0.29, 0.717) is 16.3 Å². The van der Waals surface area contributed by atoms with Crippen LogP contribution in [0.3, 0.4) is 0 Å². The van der Waals surface area contributed by atoms with Crippen LogP contribution in [0, 0.1) is 0 Å². The standard InChI is InChI=1S/C21H12ClF6N3O2/c22-13-1-6-16-11(8-13)7-12(10-33-16)19(32)29-14-2-4-15(5-3-14)31-18(21(26,27)28)9-17(30-31)20(23,24)25/h1-9H,10H2,(H,29,32). The lowest BCUT2D eigenvalue weighted by molar-refractivity contribution is -0.143. The molecular weight excluding hydrogens is 476 g/mol. The summed E-state index contributed by atoms with van der Waals surface area (Å²) in [6.07, 6.45) is -8.51. The van der Waals surface area contributed by atoms with Gasteiger partial charge in [-0.25, -0.2) is 4.68 Å². The van der Waals surface area contributed by atoms with Gasteiger partial charge < -0.3 is 10.1 Å². The molecule has 5 nitrogen and oxygen atoms in total. The third-order valence-corrected chi connectivity index (χ3v) is 4.87. The molecule has 1 aliphatic heterocycles. The lowest BCUT2D eigenvalue weighted by atomic mass is 10.1. The van der Waals surface area contributed by atoms with Crippen molar-refractivity contribution in [2.24, 2.45) is 0 Å². The highest BCUT2D eigenvalue weighted by Crippen LogP contribution is 2.36. The zero-order chi connectivity index (χ0) is 24.0. The highest BCUT2D eigenvalue weighted by molar-refractivity contribution is 6.30. The van der Waals surface area contributed by atoms with E-state index in [9.17, 15) is 31.1 Å². The third-order valence-electron chi connectivity index (χ3n) is 4.64. The van der Waals surface area contributed by atoms with Crippen molar-refractivity contribution in [3.63, 3.8) is 0 Å². The molecule has 0 radical (unpaired) electrons. The topological polar surface area (TPSA) is 56.2 Å². The summed E-state index contributed by atoms with van der Waals surface area (Å²) >= 11 is 5.94. The number of halogens is 7. The van der Waals surface area contributed by atoms with Gasteiger partial charge in [0.2, 0.25) is 0 Å². The summed E-state index contributed by atoms with van der Waals surface area (Å²) in [4.78, 5) is 12.5. The Morgan fingerprint density at radius 3 is 2.33 bits per heavy atom. The number of benzene rings is 2. The first-order valence-electron chi connectivity index (χ1n) is 9.21. The zero-order valence-electron chi connectivity index (χ0n) is 16.3. The summed E-state index contributed by atoms with van der Waals surface area (Å²) in [7, 11) is 0. The van der Waals surface area contributed by atoms with Crippen LogP contribution in [0.25, 0.3) is 11.8 Å². The first-order valence-corrected chi connectivity index (χ1v) is 9.59. The minimum absolute atomic E-state index is 0.0129. The van der Waals surface area contributed by atoms with Gasteiger partial charge in [0.05, 0.1) is 11.3 Å². The molecule has 2 heterocycles. The van der Waals surface area contributed by atoms with Crippen molar-refractivity contribution < 1.29 is 35.9 Å². The number of anilines is 1. The molecule has 1 aliphatic rings. The summed E-state index contributed by atoms with van der Waals surface area (Å²) in [5.41, 5.74) is -2.42. The minimum Gasteiger partial charge on any atom is -0.488 e. The average molecular weight is 488 g/mol. The second-order valence-corrected chi connectivity index (χ2v) is 7.40. The fraction of sp³-hybridized carbons (Fsp3) is 0.143. The molecule has 172 valence electrons. The zero-order valence-corrected chi connectivity index (χ0v) is 17.0. The molecule has 1 aromatic heterocycles. The van der Waals surface area contributed by atoms with Gasteiger partial charge in [-0.1, -0.05) is 11.6 Å². The Balaban J connectivity index is 1.56. The van der Waals surface area contributed by atoms with Gasteiger partial charge in [-0.15, -0.1) is 0 Å². The summed E-state index contributed by atoms with van der Waals surface area (Å²) in [5, 5.41) is 6.07. The summed E-state index contributed by atoms with van der Waals surface area (Å²) < 4.78 is 83.9. The first-order chi connectivity index (χ1) is 15.4. The fourth-order valence-corrected chi connectivity index (χ4v) is 3.28. The van der Waals surface area contributed by atoms with Gasteiger partial charge in [0.25, 0.3) is 5.91 Å². The van der Waals surface area contributed by atoms with Crippen LogP contribution >= 0.6 is 11.6 Å². The predicted octanol–water partition coefficient (Wildman–Crippen LogP) is 5.98. The van der Waals surface area contributed by atoms with E-state index in [2.05, 4.69) is 10.4 Å². The predicted molar refractivity (Wildman–Crippen MR) is 107 cm³/mol. The van der Waals surface area contributed by atoms with Crippen LogP contribution in [-0.2, 0) is 17.1 Å². The van der Waals surface area contributed by atoms with Crippen LogP contribution in [-0.4, -0.2) is 22.3 Å². The molecule has 1 N–H and O–H groups in total. The van der Waals surface area contributed by atoms with E-state index in [-0.39, 0.29) is 34.3 Å². The van der Waals surface area contributed by atoms with Gasteiger partial charge in [0, 0.05) is 22.3 Å². The van der Waals surface area contributed by atoms with E-state index in [1.165, 1.54) is 12.1 Å². The molecule has 0 saturated heterocycles. The smallest absolute Gasteiger partial charge is 0.435 e. The number of ether oxygens (including phenoxy) is 1. The molecule has 3 aromatic rings. The summed E-state index contributed by atoms with van der Waals surface area (Å²) in [5.74, 6) is 0.0287. The van der Waals surface area contributed by atoms with E-state index in [1.54, 1.807) is 24.3 Å². The molecule has 4 rings (SSSR count). The molecule has 0 spiro atoms. The van der Waals surface area contributed by atoms with Crippen LogP contribution in [0.1, 0.15) is 17.0 Å². The molecule has 1 amide bonds. The van der Waals surface area contributed by atoms with E-state index in [4.69, 9.17) is 16.3 Å². The molecule has 0 aliphatic carbocycles. The lowest BCUT2D eigenvalue weighted by Crippen LogP contribution is -2.21. The number of alkyl halides is 6. The van der Waals surface area contributed by atoms with Crippen LogP contribution in [0.4, 0.5) is 32.0 Å². The normalized spacial score (nSPS) is 13.7. The molecule has 0 atom stereocenters. The largest absolute Gasteiger partial charge is 0.488 e. The van der Waals surface area contributed by atoms with Crippen LogP contribution in [0.2, 0.25) is 5.02 Å².